The topological polar surface area (TPSA) is 92.3 Å². The van der Waals surface area contributed by atoms with E-state index in [0.717, 1.165) is 11.1 Å². The third-order valence-corrected chi connectivity index (χ3v) is 5.28. The number of esters is 1. The molecule has 1 aliphatic heterocycles. The molecule has 1 aliphatic rings. The molecule has 1 fully saturated rings. The first-order chi connectivity index (χ1) is 16.0. The molecule has 8 heteroatoms. The molecule has 0 spiro atoms. The van der Waals surface area contributed by atoms with Gasteiger partial charge < -0.3 is 29.0 Å². The van der Waals surface area contributed by atoms with Crippen LogP contribution >= 0.6 is 0 Å². The highest BCUT2D eigenvalue weighted by atomic mass is 16.7. The molecule has 8 nitrogen and oxygen atoms in total. The van der Waals surface area contributed by atoms with E-state index < -0.39 is 36.6 Å². The number of rotatable bonds is 10. The van der Waals surface area contributed by atoms with Gasteiger partial charge in [-0.3, -0.25) is 9.59 Å². The standard InChI is InChI=1S/C25H31NO7/c1-17(27)26-22-21(16-30-18(2)28)33-25(29-3)24(32-15-20-12-8-5-9-13-20)23(22)31-14-19-10-6-4-7-11-19/h4-13,21-25H,14-16H2,1-3H3,(H,26,27)/t21-,22+,23+,24-,25+/m1/s1. The summed E-state index contributed by atoms with van der Waals surface area (Å²) < 4.78 is 29.4. The van der Waals surface area contributed by atoms with Crippen molar-refractivity contribution in [3.05, 3.63) is 71.8 Å². The van der Waals surface area contributed by atoms with Gasteiger partial charge in [0, 0.05) is 21.0 Å². The second-order valence-electron chi connectivity index (χ2n) is 7.83. The Morgan fingerprint density at radius 3 is 1.91 bits per heavy atom. The molecule has 0 saturated carbocycles. The number of benzene rings is 2. The van der Waals surface area contributed by atoms with Crippen molar-refractivity contribution < 1.29 is 33.3 Å². The maximum absolute atomic E-state index is 12.1. The van der Waals surface area contributed by atoms with E-state index in [2.05, 4.69) is 5.32 Å². The van der Waals surface area contributed by atoms with Gasteiger partial charge in [0.25, 0.3) is 0 Å². The summed E-state index contributed by atoms with van der Waals surface area (Å²) in [5.74, 6) is -0.708. The first kappa shape index (κ1) is 24.9. The van der Waals surface area contributed by atoms with Crippen molar-refractivity contribution in [2.75, 3.05) is 13.7 Å². The average molecular weight is 458 g/mol. The first-order valence-electron chi connectivity index (χ1n) is 10.9. The quantitative estimate of drug-likeness (QED) is 0.548. The fourth-order valence-electron chi connectivity index (χ4n) is 3.75. The molecule has 5 atom stereocenters. The maximum atomic E-state index is 12.1. The minimum atomic E-state index is -0.792. The molecule has 1 saturated heterocycles. The van der Waals surface area contributed by atoms with E-state index in [-0.39, 0.29) is 12.5 Å². The molecular weight excluding hydrogens is 426 g/mol. The van der Waals surface area contributed by atoms with E-state index in [4.69, 9.17) is 23.7 Å². The summed E-state index contributed by atoms with van der Waals surface area (Å²) in [6.07, 6.45) is -2.75. The Bertz CT molecular complexity index is 877. The predicted octanol–water partition coefficient (Wildman–Crippen LogP) is 2.60. The van der Waals surface area contributed by atoms with Crippen LogP contribution in [0.2, 0.25) is 0 Å². The lowest BCUT2D eigenvalue weighted by Gasteiger charge is -2.45. The molecule has 1 heterocycles. The number of carbonyl (C=O) groups excluding carboxylic acids is 2. The molecule has 1 N–H and O–H groups in total. The zero-order valence-corrected chi connectivity index (χ0v) is 19.1. The van der Waals surface area contributed by atoms with Crippen LogP contribution in [0.1, 0.15) is 25.0 Å². The van der Waals surface area contributed by atoms with E-state index in [1.165, 1.54) is 21.0 Å². The molecule has 0 radical (unpaired) electrons. The number of hydrogen-bond donors (Lipinski definition) is 1. The van der Waals surface area contributed by atoms with Gasteiger partial charge in [-0.15, -0.1) is 0 Å². The van der Waals surface area contributed by atoms with Gasteiger partial charge >= 0.3 is 5.97 Å². The third kappa shape index (κ3) is 7.36. The SMILES string of the molecule is CO[C@H]1O[C@H](COC(C)=O)[C@H](NC(C)=O)[C@H](OCc2ccccc2)[C@H]1OCc1ccccc1. The van der Waals surface area contributed by atoms with Gasteiger partial charge in [0.15, 0.2) is 6.29 Å². The summed E-state index contributed by atoms with van der Waals surface area (Å²) in [5, 5.41) is 2.90. The van der Waals surface area contributed by atoms with Gasteiger partial charge in [0.2, 0.25) is 5.91 Å². The molecule has 0 aliphatic carbocycles. The Hall–Kier alpha value is -2.78. The van der Waals surface area contributed by atoms with Crippen molar-refractivity contribution in [1.82, 2.24) is 5.32 Å². The van der Waals surface area contributed by atoms with Gasteiger partial charge in [0.1, 0.15) is 24.9 Å². The van der Waals surface area contributed by atoms with Crippen molar-refractivity contribution >= 4 is 11.9 Å². The predicted molar refractivity (Wildman–Crippen MR) is 120 cm³/mol. The van der Waals surface area contributed by atoms with Gasteiger partial charge in [-0.05, 0) is 11.1 Å². The van der Waals surface area contributed by atoms with Crippen LogP contribution in [0.15, 0.2) is 60.7 Å². The Kier molecular flexibility index (Phi) is 9.38. The summed E-state index contributed by atoms with van der Waals surface area (Å²) in [5.41, 5.74) is 1.95. The van der Waals surface area contributed by atoms with Crippen LogP contribution in [0.3, 0.4) is 0 Å². The van der Waals surface area contributed by atoms with Gasteiger partial charge in [-0.25, -0.2) is 0 Å². The smallest absolute Gasteiger partial charge is 0.302 e. The van der Waals surface area contributed by atoms with E-state index in [9.17, 15) is 9.59 Å². The molecule has 178 valence electrons. The number of carbonyl (C=O) groups is 2. The van der Waals surface area contributed by atoms with E-state index in [1.807, 2.05) is 60.7 Å². The van der Waals surface area contributed by atoms with Gasteiger partial charge in [0.05, 0.1) is 19.3 Å². The summed E-state index contributed by atoms with van der Waals surface area (Å²) in [6, 6.07) is 18.8. The summed E-state index contributed by atoms with van der Waals surface area (Å²) in [7, 11) is 1.51. The fraction of sp³-hybridized carbons (Fsp3) is 0.440. The van der Waals surface area contributed by atoms with Gasteiger partial charge in [-0.1, -0.05) is 60.7 Å². The molecule has 2 aromatic carbocycles. The van der Waals surface area contributed by atoms with Crippen LogP contribution in [0.25, 0.3) is 0 Å². The molecule has 3 rings (SSSR count). The zero-order chi connectivity index (χ0) is 23.6. The van der Waals surface area contributed by atoms with E-state index >= 15 is 0 Å². The molecule has 0 unspecified atom stereocenters. The Balaban J connectivity index is 1.86. The molecule has 33 heavy (non-hydrogen) atoms. The second-order valence-corrected chi connectivity index (χ2v) is 7.83. The first-order valence-corrected chi connectivity index (χ1v) is 10.9. The monoisotopic (exact) mass is 457 g/mol. The Labute approximate surface area is 194 Å². The number of amides is 1. The highest BCUT2D eigenvalue weighted by molar-refractivity contribution is 5.73. The zero-order valence-electron chi connectivity index (χ0n) is 19.1. The largest absolute Gasteiger partial charge is 0.463 e. The van der Waals surface area contributed by atoms with Crippen molar-refractivity contribution in [3.8, 4) is 0 Å². The number of nitrogens with one attached hydrogen (secondary N) is 1. The summed E-state index contributed by atoms with van der Waals surface area (Å²) >= 11 is 0. The molecular formula is C25H31NO7. The highest BCUT2D eigenvalue weighted by Crippen LogP contribution is 2.28. The van der Waals surface area contributed by atoms with Crippen LogP contribution in [0, 0.1) is 0 Å². The van der Waals surface area contributed by atoms with Crippen molar-refractivity contribution in [2.24, 2.45) is 0 Å². The Morgan fingerprint density at radius 1 is 0.879 bits per heavy atom. The molecule has 2 aromatic rings. The van der Waals surface area contributed by atoms with Crippen LogP contribution < -0.4 is 5.32 Å². The third-order valence-electron chi connectivity index (χ3n) is 5.28. The van der Waals surface area contributed by atoms with Crippen LogP contribution in [0.4, 0.5) is 0 Å². The van der Waals surface area contributed by atoms with Gasteiger partial charge in [-0.2, -0.15) is 0 Å². The lowest BCUT2D eigenvalue weighted by Crippen LogP contribution is -2.66. The highest BCUT2D eigenvalue weighted by Gasteiger charge is 2.48. The summed E-state index contributed by atoms with van der Waals surface area (Å²) in [4.78, 5) is 23.5. The number of methoxy groups -OCH3 is 1. The number of ether oxygens (including phenoxy) is 5. The second kappa shape index (κ2) is 12.5. The summed E-state index contributed by atoms with van der Waals surface area (Å²) in [6.45, 7) is 3.28. The van der Waals surface area contributed by atoms with Crippen molar-refractivity contribution in [2.45, 2.75) is 57.7 Å². The fourth-order valence-corrected chi connectivity index (χ4v) is 3.75. The normalized spacial score (nSPS) is 24.8. The van der Waals surface area contributed by atoms with Crippen LogP contribution in [0.5, 0.6) is 0 Å². The average Bonchev–Trinajstić information content (AvgIpc) is 2.82. The Morgan fingerprint density at radius 2 is 1.42 bits per heavy atom. The molecule has 0 bridgehead atoms. The van der Waals surface area contributed by atoms with Crippen LogP contribution in [-0.4, -0.2) is 56.2 Å². The van der Waals surface area contributed by atoms with E-state index in [0.29, 0.717) is 13.2 Å². The van der Waals surface area contributed by atoms with E-state index in [1.54, 1.807) is 0 Å². The van der Waals surface area contributed by atoms with Crippen LogP contribution in [-0.2, 0) is 46.5 Å². The molecule has 0 aromatic heterocycles. The molecule has 1 amide bonds. The minimum absolute atomic E-state index is 0.0588. The minimum Gasteiger partial charge on any atom is -0.463 e. The lowest BCUT2D eigenvalue weighted by molar-refractivity contribution is -0.293. The number of hydrogen-bond acceptors (Lipinski definition) is 7. The maximum Gasteiger partial charge on any atom is 0.302 e. The van der Waals surface area contributed by atoms with Crippen molar-refractivity contribution in [1.29, 1.82) is 0 Å². The van der Waals surface area contributed by atoms with Crippen molar-refractivity contribution in [3.63, 3.8) is 0 Å². The lowest BCUT2D eigenvalue weighted by atomic mass is 9.95.